The van der Waals surface area contributed by atoms with E-state index in [4.69, 9.17) is 4.42 Å². The van der Waals surface area contributed by atoms with E-state index in [-0.39, 0.29) is 17.9 Å². The molecule has 1 N–H and O–H groups in total. The average molecular weight is 366 g/mol. The topological polar surface area (TPSA) is 66.6 Å². The Morgan fingerprint density at radius 1 is 1.07 bits per heavy atom. The largest absolute Gasteiger partial charge is 0.436 e. The molecule has 1 amide bonds. The smallest absolute Gasteiger partial charge is 0.254 e. The summed E-state index contributed by atoms with van der Waals surface area (Å²) in [4.78, 5) is 18.9. The van der Waals surface area contributed by atoms with E-state index in [0.717, 1.165) is 0 Å². The lowest BCUT2D eigenvalue weighted by Gasteiger charge is -2.30. The van der Waals surface area contributed by atoms with Crippen LogP contribution >= 0.6 is 0 Å². The van der Waals surface area contributed by atoms with Crippen LogP contribution in [0.5, 0.6) is 0 Å². The molecule has 2 heterocycles. The monoisotopic (exact) mass is 366 g/mol. The first-order valence-corrected chi connectivity index (χ1v) is 8.91. The molecule has 0 unspecified atom stereocenters. The number of oxazole rings is 1. The summed E-state index contributed by atoms with van der Waals surface area (Å²) in [5.41, 5.74) is 1.37. The summed E-state index contributed by atoms with van der Waals surface area (Å²) < 4.78 is 19.8. The second-order valence-corrected chi connectivity index (χ2v) is 6.58. The number of carbonyl (C=O) groups excluding carboxylic acids is 1. The number of hydrogen-bond donors (Lipinski definition) is 1. The molecule has 138 valence electrons. The third-order valence-corrected chi connectivity index (χ3v) is 4.78. The third kappa shape index (κ3) is 3.48. The number of carbonyl (C=O) groups is 1. The average Bonchev–Trinajstić information content (AvgIpc) is 3.18. The summed E-state index contributed by atoms with van der Waals surface area (Å²) in [6.07, 6.45) is 2.26. The van der Waals surface area contributed by atoms with Crippen molar-refractivity contribution < 1.29 is 18.7 Å². The van der Waals surface area contributed by atoms with Crippen molar-refractivity contribution in [2.75, 3.05) is 13.1 Å². The molecule has 4 rings (SSSR count). The Morgan fingerprint density at radius 3 is 2.48 bits per heavy atom. The molecular formula is C21H19FN2O3. The SMILES string of the molecule is O=C(c1ccccc1-c1ncc(-c2ccccc2F)o1)N1CCC(O)CC1. The lowest BCUT2D eigenvalue weighted by atomic mass is 10.0. The molecule has 1 aromatic heterocycles. The summed E-state index contributed by atoms with van der Waals surface area (Å²) in [6.45, 7) is 1.03. The molecule has 6 heteroatoms. The minimum Gasteiger partial charge on any atom is -0.436 e. The normalized spacial score (nSPS) is 15.1. The van der Waals surface area contributed by atoms with Gasteiger partial charge < -0.3 is 14.4 Å². The van der Waals surface area contributed by atoms with E-state index in [1.165, 1.54) is 12.3 Å². The Labute approximate surface area is 156 Å². The third-order valence-electron chi connectivity index (χ3n) is 4.78. The number of piperidine rings is 1. The minimum absolute atomic E-state index is 0.122. The number of aromatic nitrogens is 1. The van der Waals surface area contributed by atoms with Crippen LogP contribution in [-0.4, -0.2) is 40.1 Å². The maximum atomic E-state index is 14.0. The van der Waals surface area contributed by atoms with Gasteiger partial charge in [0.2, 0.25) is 5.89 Å². The van der Waals surface area contributed by atoms with Crippen LogP contribution in [-0.2, 0) is 0 Å². The molecule has 2 aromatic carbocycles. The van der Waals surface area contributed by atoms with Gasteiger partial charge in [-0.05, 0) is 37.1 Å². The molecule has 1 saturated heterocycles. The van der Waals surface area contributed by atoms with E-state index in [0.29, 0.717) is 48.4 Å². The van der Waals surface area contributed by atoms with Gasteiger partial charge in [0.1, 0.15) is 5.82 Å². The van der Waals surface area contributed by atoms with Gasteiger partial charge in [-0.3, -0.25) is 4.79 Å². The Hall–Kier alpha value is -2.99. The van der Waals surface area contributed by atoms with Crippen molar-refractivity contribution >= 4 is 5.91 Å². The van der Waals surface area contributed by atoms with E-state index in [2.05, 4.69) is 4.98 Å². The molecule has 27 heavy (non-hydrogen) atoms. The van der Waals surface area contributed by atoms with Gasteiger partial charge in [-0.2, -0.15) is 0 Å². The lowest BCUT2D eigenvalue weighted by Crippen LogP contribution is -2.40. The van der Waals surface area contributed by atoms with E-state index in [1.54, 1.807) is 47.4 Å². The molecule has 5 nitrogen and oxygen atoms in total. The predicted molar refractivity (Wildman–Crippen MR) is 98.5 cm³/mol. The summed E-state index contributed by atoms with van der Waals surface area (Å²) >= 11 is 0. The van der Waals surface area contributed by atoms with Crippen LogP contribution in [0.3, 0.4) is 0 Å². The molecule has 0 spiro atoms. The van der Waals surface area contributed by atoms with Gasteiger partial charge in [0.25, 0.3) is 5.91 Å². The van der Waals surface area contributed by atoms with Crippen LogP contribution in [0.1, 0.15) is 23.2 Å². The zero-order valence-electron chi connectivity index (χ0n) is 14.6. The Morgan fingerprint density at radius 2 is 1.74 bits per heavy atom. The quantitative estimate of drug-likeness (QED) is 0.767. The lowest BCUT2D eigenvalue weighted by molar-refractivity contribution is 0.0547. The number of benzene rings is 2. The van der Waals surface area contributed by atoms with Gasteiger partial charge in [-0.15, -0.1) is 0 Å². The van der Waals surface area contributed by atoms with Gasteiger partial charge >= 0.3 is 0 Å². The van der Waals surface area contributed by atoms with Gasteiger partial charge in [0.05, 0.1) is 23.4 Å². The van der Waals surface area contributed by atoms with Gasteiger partial charge in [-0.25, -0.2) is 9.37 Å². The highest BCUT2D eigenvalue weighted by atomic mass is 19.1. The highest BCUT2D eigenvalue weighted by molar-refractivity contribution is 6.00. The molecule has 0 saturated carbocycles. The van der Waals surface area contributed by atoms with Gasteiger partial charge in [0.15, 0.2) is 5.76 Å². The fraction of sp³-hybridized carbons (Fsp3) is 0.238. The zero-order valence-corrected chi connectivity index (χ0v) is 14.6. The Balaban J connectivity index is 1.66. The van der Waals surface area contributed by atoms with Crippen LogP contribution in [0.25, 0.3) is 22.8 Å². The Bertz CT molecular complexity index is 961. The van der Waals surface area contributed by atoms with Crippen molar-refractivity contribution in [1.29, 1.82) is 0 Å². The van der Waals surface area contributed by atoms with Crippen LogP contribution < -0.4 is 0 Å². The molecule has 0 bridgehead atoms. The molecule has 0 aliphatic carbocycles. The van der Waals surface area contributed by atoms with Crippen LogP contribution in [0, 0.1) is 5.82 Å². The second kappa shape index (κ2) is 7.32. The first kappa shape index (κ1) is 17.4. The number of aliphatic hydroxyl groups excluding tert-OH is 1. The van der Waals surface area contributed by atoms with Crippen molar-refractivity contribution in [2.45, 2.75) is 18.9 Å². The van der Waals surface area contributed by atoms with Crippen molar-refractivity contribution in [2.24, 2.45) is 0 Å². The summed E-state index contributed by atoms with van der Waals surface area (Å²) in [7, 11) is 0. The number of rotatable bonds is 3. The first-order valence-electron chi connectivity index (χ1n) is 8.91. The highest BCUT2D eigenvalue weighted by Crippen LogP contribution is 2.30. The predicted octanol–water partition coefficient (Wildman–Crippen LogP) is 3.74. The standard InChI is InChI=1S/C21H19FN2O3/c22-18-8-4-3-7-17(18)19-13-23-20(27-19)15-5-1-2-6-16(15)21(26)24-11-9-14(25)10-12-24/h1-8,13-14,25H,9-12H2. The van der Waals surface area contributed by atoms with Crippen molar-refractivity contribution in [3.63, 3.8) is 0 Å². The summed E-state index contributed by atoms with van der Waals surface area (Å²) in [5.74, 6) is 0.0697. The molecule has 0 radical (unpaired) electrons. The molecule has 1 fully saturated rings. The van der Waals surface area contributed by atoms with E-state index in [1.807, 2.05) is 0 Å². The molecule has 0 atom stereocenters. The van der Waals surface area contributed by atoms with Crippen LogP contribution in [0.15, 0.2) is 59.1 Å². The molecule has 1 aliphatic rings. The number of nitrogens with zero attached hydrogens (tertiary/aromatic N) is 2. The minimum atomic E-state index is -0.392. The van der Waals surface area contributed by atoms with E-state index >= 15 is 0 Å². The highest BCUT2D eigenvalue weighted by Gasteiger charge is 2.25. The number of aliphatic hydroxyl groups is 1. The number of amides is 1. The van der Waals surface area contributed by atoms with E-state index < -0.39 is 5.82 Å². The fourth-order valence-electron chi connectivity index (χ4n) is 3.28. The maximum Gasteiger partial charge on any atom is 0.254 e. The maximum absolute atomic E-state index is 14.0. The van der Waals surface area contributed by atoms with Crippen molar-refractivity contribution in [1.82, 2.24) is 9.88 Å². The zero-order chi connectivity index (χ0) is 18.8. The van der Waals surface area contributed by atoms with Crippen molar-refractivity contribution in [3.05, 3.63) is 66.1 Å². The number of hydrogen-bond acceptors (Lipinski definition) is 4. The van der Waals surface area contributed by atoms with Gasteiger partial charge in [-0.1, -0.05) is 24.3 Å². The van der Waals surface area contributed by atoms with Crippen LogP contribution in [0.4, 0.5) is 4.39 Å². The number of halogens is 1. The van der Waals surface area contributed by atoms with Crippen molar-refractivity contribution in [3.8, 4) is 22.8 Å². The van der Waals surface area contributed by atoms with E-state index in [9.17, 15) is 14.3 Å². The van der Waals surface area contributed by atoms with Crippen LogP contribution in [0.2, 0.25) is 0 Å². The van der Waals surface area contributed by atoms with Gasteiger partial charge in [0, 0.05) is 18.7 Å². The number of likely N-dealkylation sites (tertiary alicyclic amines) is 1. The summed E-state index contributed by atoms with van der Waals surface area (Å²) in [6, 6.07) is 13.4. The first-order chi connectivity index (χ1) is 13.1. The second-order valence-electron chi connectivity index (χ2n) is 6.58. The summed E-state index contributed by atoms with van der Waals surface area (Å²) in [5, 5.41) is 9.65. The fourth-order valence-corrected chi connectivity index (χ4v) is 3.28. The molecular weight excluding hydrogens is 347 g/mol. The Kier molecular flexibility index (Phi) is 4.73. The molecule has 3 aromatic rings. The molecule has 1 aliphatic heterocycles.